The van der Waals surface area contributed by atoms with Gasteiger partial charge in [-0.15, -0.1) is 0 Å². The summed E-state index contributed by atoms with van der Waals surface area (Å²) in [5.74, 6) is 0.904. The lowest BCUT2D eigenvalue weighted by Gasteiger charge is -2.52. The van der Waals surface area contributed by atoms with E-state index in [4.69, 9.17) is 10.5 Å². The van der Waals surface area contributed by atoms with Crippen LogP contribution in [0.2, 0.25) is 0 Å². The zero-order valence-corrected chi connectivity index (χ0v) is 12.8. The molecule has 1 fully saturated rings. The highest BCUT2D eigenvalue weighted by atomic mass is 16.5. The zero-order valence-electron chi connectivity index (χ0n) is 12.8. The summed E-state index contributed by atoms with van der Waals surface area (Å²) in [5, 5.41) is 0. The Morgan fingerprint density at radius 2 is 2.21 bits per heavy atom. The molecule has 108 valence electrons. The predicted octanol–water partition coefficient (Wildman–Crippen LogP) is 2.57. The molecule has 1 aromatic heterocycles. The lowest BCUT2D eigenvalue weighted by atomic mass is 9.64. The Labute approximate surface area is 116 Å². The van der Waals surface area contributed by atoms with E-state index in [1.54, 1.807) is 7.11 Å². The van der Waals surface area contributed by atoms with Crippen molar-refractivity contribution in [1.29, 1.82) is 0 Å². The number of aromatic nitrogens is 2. The third-order valence-corrected chi connectivity index (χ3v) is 4.88. The van der Waals surface area contributed by atoms with Crippen LogP contribution in [0.5, 0.6) is 0 Å². The summed E-state index contributed by atoms with van der Waals surface area (Å²) in [5.41, 5.74) is 7.37. The van der Waals surface area contributed by atoms with Crippen LogP contribution in [-0.4, -0.2) is 29.3 Å². The fourth-order valence-electron chi connectivity index (χ4n) is 3.33. The number of imidazole rings is 1. The summed E-state index contributed by atoms with van der Waals surface area (Å²) < 4.78 is 7.87. The highest BCUT2D eigenvalue weighted by Gasteiger charge is 2.50. The molecule has 2 N–H and O–H groups in total. The minimum atomic E-state index is 0.153. The van der Waals surface area contributed by atoms with Gasteiger partial charge in [-0.3, -0.25) is 0 Å². The number of hydrogen-bond donors (Lipinski definition) is 1. The minimum Gasteiger partial charge on any atom is -0.381 e. The van der Waals surface area contributed by atoms with Crippen molar-refractivity contribution in [3.05, 3.63) is 18.2 Å². The van der Waals surface area contributed by atoms with Gasteiger partial charge in [-0.2, -0.15) is 0 Å². The van der Waals surface area contributed by atoms with Crippen molar-refractivity contribution in [2.75, 3.05) is 13.7 Å². The van der Waals surface area contributed by atoms with Gasteiger partial charge in [0.1, 0.15) is 0 Å². The van der Waals surface area contributed by atoms with E-state index < -0.39 is 0 Å². The molecule has 0 amide bonds. The van der Waals surface area contributed by atoms with Crippen LogP contribution in [-0.2, 0) is 4.74 Å². The molecule has 1 aromatic rings. The monoisotopic (exact) mass is 265 g/mol. The third kappa shape index (κ3) is 2.32. The molecule has 0 aromatic carbocycles. The molecule has 4 heteroatoms. The van der Waals surface area contributed by atoms with Gasteiger partial charge in [0, 0.05) is 42.9 Å². The van der Waals surface area contributed by atoms with Gasteiger partial charge in [0.15, 0.2) is 0 Å². The van der Waals surface area contributed by atoms with Gasteiger partial charge in [0.25, 0.3) is 0 Å². The van der Waals surface area contributed by atoms with Crippen LogP contribution in [0.4, 0.5) is 0 Å². The average Bonchev–Trinajstić information content (AvgIpc) is 2.78. The number of ether oxygens (including phenoxy) is 1. The molecule has 2 rings (SSSR count). The molecule has 0 radical (unpaired) electrons. The topological polar surface area (TPSA) is 53.1 Å². The van der Waals surface area contributed by atoms with E-state index in [0.717, 1.165) is 6.42 Å². The zero-order chi connectivity index (χ0) is 14.2. The Kier molecular flexibility index (Phi) is 4.02. The van der Waals surface area contributed by atoms with Gasteiger partial charge in [0.2, 0.25) is 0 Å². The molecule has 19 heavy (non-hydrogen) atoms. The average molecular weight is 265 g/mol. The van der Waals surface area contributed by atoms with Gasteiger partial charge in [0.05, 0.1) is 12.4 Å². The van der Waals surface area contributed by atoms with Crippen molar-refractivity contribution in [2.24, 2.45) is 17.1 Å². The first-order valence-corrected chi connectivity index (χ1v) is 7.18. The van der Waals surface area contributed by atoms with Gasteiger partial charge in [-0.25, -0.2) is 4.98 Å². The molecule has 0 saturated heterocycles. The number of nitrogens with two attached hydrogens (primary N) is 1. The second-order valence-electron chi connectivity index (χ2n) is 6.61. The molecule has 1 heterocycles. The molecular weight excluding hydrogens is 238 g/mol. The number of methoxy groups -OCH3 is 1. The molecule has 0 spiro atoms. The maximum Gasteiger partial charge on any atom is 0.0951 e. The maximum atomic E-state index is 5.95. The molecule has 3 unspecified atom stereocenters. The van der Waals surface area contributed by atoms with E-state index in [-0.39, 0.29) is 5.41 Å². The van der Waals surface area contributed by atoms with E-state index in [1.165, 1.54) is 5.69 Å². The summed E-state index contributed by atoms with van der Waals surface area (Å²) in [6.45, 7) is 9.65. The van der Waals surface area contributed by atoms with Crippen molar-refractivity contribution in [3.8, 4) is 0 Å². The van der Waals surface area contributed by atoms with Crippen LogP contribution in [0.15, 0.2) is 12.5 Å². The van der Waals surface area contributed by atoms with Crippen LogP contribution in [0, 0.1) is 11.3 Å². The lowest BCUT2D eigenvalue weighted by molar-refractivity contribution is -0.113. The first-order valence-electron chi connectivity index (χ1n) is 7.18. The number of rotatable bonds is 5. The van der Waals surface area contributed by atoms with Crippen molar-refractivity contribution < 1.29 is 4.74 Å². The van der Waals surface area contributed by atoms with Crippen molar-refractivity contribution >= 4 is 0 Å². The molecule has 1 aliphatic carbocycles. The predicted molar refractivity (Wildman–Crippen MR) is 77.1 cm³/mol. The largest absolute Gasteiger partial charge is 0.381 e. The number of hydrogen-bond acceptors (Lipinski definition) is 3. The summed E-state index contributed by atoms with van der Waals surface area (Å²) >= 11 is 0. The van der Waals surface area contributed by atoms with Gasteiger partial charge in [-0.05, 0) is 12.3 Å². The molecule has 3 atom stereocenters. The highest BCUT2D eigenvalue weighted by Crippen LogP contribution is 2.51. The summed E-state index contributed by atoms with van der Waals surface area (Å²) in [4.78, 5) is 4.36. The van der Waals surface area contributed by atoms with Crippen LogP contribution in [0.3, 0.4) is 0 Å². The Morgan fingerprint density at radius 1 is 1.53 bits per heavy atom. The Balaban J connectivity index is 2.26. The normalized spacial score (nSPS) is 27.3. The first-order chi connectivity index (χ1) is 8.93. The van der Waals surface area contributed by atoms with Crippen LogP contribution < -0.4 is 5.73 Å². The van der Waals surface area contributed by atoms with E-state index in [2.05, 4.69) is 37.2 Å². The maximum absolute atomic E-state index is 5.95. The highest BCUT2D eigenvalue weighted by molar-refractivity contribution is 5.14. The molecule has 4 nitrogen and oxygen atoms in total. The quantitative estimate of drug-likeness (QED) is 0.890. The molecule has 1 saturated carbocycles. The fraction of sp³-hybridized carbons (Fsp3) is 0.800. The first kappa shape index (κ1) is 14.5. The Hall–Kier alpha value is -0.870. The second-order valence-corrected chi connectivity index (χ2v) is 6.61. The number of nitrogens with zero attached hydrogens (tertiary/aromatic N) is 2. The minimum absolute atomic E-state index is 0.153. The van der Waals surface area contributed by atoms with Crippen molar-refractivity contribution in [2.45, 2.75) is 52.2 Å². The molecule has 0 bridgehead atoms. The van der Waals surface area contributed by atoms with Gasteiger partial charge >= 0.3 is 0 Å². The van der Waals surface area contributed by atoms with E-state index in [1.807, 2.05) is 12.5 Å². The van der Waals surface area contributed by atoms with Crippen LogP contribution >= 0.6 is 0 Å². The summed E-state index contributed by atoms with van der Waals surface area (Å²) in [6, 6.07) is 0.461. The Bertz CT molecular complexity index is 425. The van der Waals surface area contributed by atoms with Crippen LogP contribution in [0.25, 0.3) is 0 Å². The van der Waals surface area contributed by atoms with Crippen LogP contribution in [0.1, 0.15) is 51.8 Å². The molecule has 1 aliphatic rings. The lowest BCUT2D eigenvalue weighted by Crippen LogP contribution is -2.51. The van der Waals surface area contributed by atoms with Gasteiger partial charge < -0.3 is 15.0 Å². The standard InChI is InChI=1S/C15H27N3O/c1-10(2)11(7-16)12-8-17-9-18(12)13-6-14(19-5)15(13,3)4/h8-11,13-14H,6-7,16H2,1-5H3. The SMILES string of the molecule is COC1CC(n2cncc2C(CN)C(C)C)C1(C)C. The molecule has 0 aliphatic heterocycles. The van der Waals surface area contributed by atoms with Crippen molar-refractivity contribution in [3.63, 3.8) is 0 Å². The fourth-order valence-corrected chi connectivity index (χ4v) is 3.33. The summed E-state index contributed by atoms with van der Waals surface area (Å²) in [7, 11) is 1.80. The van der Waals surface area contributed by atoms with E-state index >= 15 is 0 Å². The van der Waals surface area contributed by atoms with Crippen molar-refractivity contribution in [1.82, 2.24) is 9.55 Å². The Morgan fingerprint density at radius 3 is 2.68 bits per heavy atom. The van der Waals surface area contributed by atoms with Gasteiger partial charge in [-0.1, -0.05) is 27.7 Å². The molecular formula is C15H27N3O. The third-order valence-electron chi connectivity index (χ3n) is 4.88. The van der Waals surface area contributed by atoms with E-state index in [9.17, 15) is 0 Å². The smallest absolute Gasteiger partial charge is 0.0951 e. The second kappa shape index (κ2) is 5.25. The van der Waals surface area contributed by atoms with E-state index in [0.29, 0.717) is 30.5 Å². The summed E-state index contributed by atoms with van der Waals surface area (Å²) in [6.07, 6.45) is 5.33.